The maximum Gasteiger partial charge on any atom is 0.326 e. The number of phenols is 1. The number of guanidine groups is 2. The monoisotopic (exact) mass is 2050 g/mol. The molecule has 2 aromatic carbocycles. The Balaban J connectivity index is 2.53. The van der Waals surface area contributed by atoms with Crippen LogP contribution < -0.4 is 130 Å². The highest BCUT2D eigenvalue weighted by Gasteiger charge is 2.42. The summed E-state index contributed by atoms with van der Waals surface area (Å²) in [6, 6.07) is -15.7. The molecule has 0 saturated carbocycles. The zero-order valence-corrected chi connectivity index (χ0v) is 81.9. The number of aliphatic hydroxyl groups is 1. The first kappa shape index (κ1) is 126. The zero-order chi connectivity index (χ0) is 110. The van der Waals surface area contributed by atoms with Crippen molar-refractivity contribution < 1.29 is 146 Å². The van der Waals surface area contributed by atoms with E-state index < -0.39 is 321 Å². The highest BCUT2D eigenvalue weighted by atomic mass is 16.4. The number of benzene rings is 2. The molecule has 0 aliphatic heterocycles. The minimum Gasteiger partial charge on any atom is -0.508 e. The van der Waals surface area contributed by atoms with E-state index >= 15 is 0 Å². The van der Waals surface area contributed by atoms with Crippen molar-refractivity contribution in [3.05, 3.63) is 65.7 Å². The minimum atomic E-state index is -2.19. The van der Waals surface area contributed by atoms with Gasteiger partial charge in [0.1, 0.15) is 102 Å². The molecule has 145 heavy (non-hydrogen) atoms. The highest BCUT2D eigenvalue weighted by molar-refractivity contribution is 6.03. The Labute approximate surface area is 833 Å². The van der Waals surface area contributed by atoms with Gasteiger partial charge in [0.05, 0.1) is 31.4 Å². The van der Waals surface area contributed by atoms with E-state index in [1.165, 1.54) is 32.9 Å². The number of carboxylic acid groups (broad SMARTS) is 5. The summed E-state index contributed by atoms with van der Waals surface area (Å²) in [4.78, 5) is 311. The molecule has 806 valence electrons. The molecule has 2 rings (SSSR count). The number of rotatable bonds is 69. The molecule has 2 aromatic rings. The van der Waals surface area contributed by atoms with Crippen LogP contribution in [0.15, 0.2) is 54.6 Å². The fraction of sp³-hybridized carbons (Fsp3) is 0.584. The van der Waals surface area contributed by atoms with E-state index in [1.54, 1.807) is 70.2 Å². The zero-order valence-electron chi connectivity index (χ0n) is 81.9. The van der Waals surface area contributed by atoms with Crippen LogP contribution in [-0.4, -0.2) is 312 Å². The maximum atomic E-state index is 14.9. The standard InChI is InChI=1S/C89H140N26O30/c1-41(2)35-57(108-82(139)58(37-47-17-11-10-12-18-47)109-75(132)52(20-15-33-98-88(94)95)106-84(141)68(42(3)4)113-79(136)53(21-16-34-99-89(96)97)104-73(130)50(91)36-48-22-24-49(117)25-23-48)80(137)100-44(7)71(128)102-51(19-13-14-32-90)74(131)105-56(28-31-65(122)123)77(134)110-59(38-63(93)119)83(140)114-69(43(5)6)85(142)115-70(46(9)116)86(143)107-54(26-29-62(92)118)76(133)111-60(39-66(124)125)81(138)101-45(8)72(129)103-55(27-30-64(120)121)78(135)112-61(87(144)145)40-67(126)127/h10-12,17-18,22-25,41-46,50-61,68-70,116-117H,13-16,19-21,26-40,90-91H2,1-9H3,(H2,92,118)(H2,93,119)(H,100,137)(H,101,138)(H,102,128)(H,103,129)(H,104,130)(H,105,131)(H,106,141)(H,107,143)(H,108,139)(H,109,132)(H,110,134)(H,111,133)(H,112,135)(H,113,136)(H,114,140)(H,115,142)(H,120,121)(H,122,123)(H,124,125)(H,126,127)(H,144,145)(H4,94,95,98)(H4,96,97,99)/t44-,45-,46+,50-,51-,52-,53-,54-,55-,56-,57-,58-,59-,60-,61-,68-,69-,70-/m0/s1. The van der Waals surface area contributed by atoms with Gasteiger partial charge in [-0.05, 0) is 145 Å². The van der Waals surface area contributed by atoms with E-state index in [0.717, 1.165) is 13.8 Å². The second-order valence-corrected chi connectivity index (χ2v) is 35.4. The molecule has 0 heterocycles. The number of aromatic hydroxyl groups is 1. The Morgan fingerprint density at radius 1 is 0.317 bits per heavy atom. The molecule has 0 unspecified atom stereocenters. The van der Waals surface area contributed by atoms with Crippen molar-refractivity contribution >= 4 is 148 Å². The molecule has 56 heteroatoms. The molecular weight excluding hydrogens is 1910 g/mol. The van der Waals surface area contributed by atoms with E-state index in [1.807, 2.05) is 16.0 Å². The molecule has 0 saturated heterocycles. The fourth-order valence-corrected chi connectivity index (χ4v) is 13.9. The van der Waals surface area contributed by atoms with Gasteiger partial charge in [-0.15, -0.1) is 0 Å². The van der Waals surface area contributed by atoms with Crippen LogP contribution in [0.5, 0.6) is 5.75 Å². The SMILES string of the molecule is CC(C)C[C@H](NC(=O)[C@H](Cc1ccccc1)NC(=O)[C@H](CCCNC(=N)N)NC(=O)[C@@H](NC(=O)[C@H](CCCNC(=N)N)NC(=O)[C@@H](N)Cc1ccc(O)cc1)C(C)C)C(=O)N[C@@H](C)C(=O)N[C@@H](CCCCN)C(=O)N[C@@H](CCC(=O)O)C(=O)N[C@@H](CC(N)=O)C(=O)N[C@H](C(=O)N[C@H](C(=O)N[C@@H](CCC(N)=O)C(=O)N[C@@H](CC(=O)O)C(=O)N[C@@H](C)C(=O)N[C@@H](CCC(=O)O)C(=O)N[C@@H](CC(=O)O)C(=O)O)[C@@H](C)O)C(C)C. The number of primary amides is 2. The van der Waals surface area contributed by atoms with Crippen LogP contribution in [0.1, 0.15) is 183 Å². The van der Waals surface area contributed by atoms with Crippen LogP contribution in [0, 0.1) is 28.6 Å². The lowest BCUT2D eigenvalue weighted by Crippen LogP contribution is -2.63. The maximum absolute atomic E-state index is 14.9. The van der Waals surface area contributed by atoms with Gasteiger partial charge in [-0.3, -0.25) is 116 Å². The van der Waals surface area contributed by atoms with Crippen molar-refractivity contribution in [1.29, 1.82) is 10.8 Å². The number of unbranched alkanes of at least 4 members (excludes halogenated alkanes) is 1. The number of carboxylic acids is 5. The van der Waals surface area contributed by atoms with Crippen molar-refractivity contribution in [1.82, 2.24) is 95.7 Å². The van der Waals surface area contributed by atoms with Gasteiger partial charge in [0, 0.05) is 38.8 Å². The first-order valence-corrected chi connectivity index (χ1v) is 46.5. The quantitative estimate of drug-likeness (QED) is 0.0166. The molecule has 0 radical (unpaired) electrons. The van der Waals surface area contributed by atoms with Crippen molar-refractivity contribution in [2.75, 3.05) is 19.6 Å². The smallest absolute Gasteiger partial charge is 0.326 e. The second kappa shape index (κ2) is 64.1. The molecule has 0 bridgehead atoms. The molecule has 0 aliphatic carbocycles. The number of nitrogens with one attached hydrogen (secondary N) is 20. The molecule has 0 aliphatic rings. The van der Waals surface area contributed by atoms with E-state index in [-0.39, 0.29) is 101 Å². The molecule has 18 atom stereocenters. The van der Waals surface area contributed by atoms with E-state index in [4.69, 9.17) is 50.3 Å². The van der Waals surface area contributed by atoms with Gasteiger partial charge in [0.15, 0.2) is 11.9 Å². The largest absolute Gasteiger partial charge is 0.508 e. The lowest BCUT2D eigenvalue weighted by atomic mass is 9.99. The van der Waals surface area contributed by atoms with Gasteiger partial charge in [0.25, 0.3) is 0 Å². The number of phenolic OH excluding ortho intramolecular Hbond substituents is 1. The van der Waals surface area contributed by atoms with Crippen LogP contribution in [0.2, 0.25) is 0 Å². The number of aliphatic carboxylic acids is 5. The minimum absolute atomic E-state index is 0.00229. The molecule has 56 nitrogen and oxygen atoms in total. The lowest BCUT2D eigenvalue weighted by Gasteiger charge is -2.29. The van der Waals surface area contributed by atoms with Gasteiger partial charge in [-0.1, -0.05) is 84.0 Å². The summed E-state index contributed by atoms with van der Waals surface area (Å²) in [5, 5.41) is 126. The number of aliphatic hydroxyl groups excluding tert-OH is 1. The molecular formula is C89H140N26O30. The van der Waals surface area contributed by atoms with Gasteiger partial charge in [-0.25, -0.2) is 4.79 Å². The summed E-state index contributed by atoms with van der Waals surface area (Å²) in [7, 11) is 0. The number of carbonyl (C=O) groups is 23. The average Bonchev–Trinajstić information content (AvgIpc) is 0.836. The topological polar surface area (TPSA) is 955 Å². The van der Waals surface area contributed by atoms with Crippen molar-refractivity contribution in [2.24, 2.45) is 52.2 Å². The van der Waals surface area contributed by atoms with E-state index in [9.17, 15) is 141 Å². The number of amides is 18. The summed E-state index contributed by atoms with van der Waals surface area (Å²) in [6.45, 7) is 12.5. The van der Waals surface area contributed by atoms with Gasteiger partial charge >= 0.3 is 29.8 Å². The molecule has 18 amide bonds. The fourth-order valence-electron chi connectivity index (χ4n) is 13.9. The molecule has 0 spiro atoms. The summed E-state index contributed by atoms with van der Waals surface area (Å²) in [5.41, 5.74) is 35.1. The van der Waals surface area contributed by atoms with Crippen LogP contribution in [0.4, 0.5) is 0 Å². The third kappa shape index (κ3) is 49.1. The van der Waals surface area contributed by atoms with Crippen molar-refractivity contribution in [2.45, 2.75) is 293 Å². The van der Waals surface area contributed by atoms with Crippen molar-refractivity contribution in [3.8, 4) is 5.75 Å². The Bertz CT molecular complexity index is 4840. The lowest BCUT2D eigenvalue weighted by molar-refractivity contribution is -0.147. The third-order valence-electron chi connectivity index (χ3n) is 21.8. The number of hydrogen-bond donors (Lipinski definition) is 33. The predicted molar refractivity (Wildman–Crippen MR) is 512 cm³/mol. The average molecular weight is 2050 g/mol. The molecule has 39 N–H and O–H groups in total. The third-order valence-corrected chi connectivity index (χ3v) is 21.8. The van der Waals surface area contributed by atoms with Crippen LogP contribution in [-0.2, 0) is 123 Å². The van der Waals surface area contributed by atoms with Crippen LogP contribution in [0.25, 0.3) is 0 Å². The van der Waals surface area contributed by atoms with Crippen LogP contribution in [0.3, 0.4) is 0 Å². The van der Waals surface area contributed by atoms with E-state index in [0.29, 0.717) is 11.1 Å². The summed E-state index contributed by atoms with van der Waals surface area (Å²) >= 11 is 0. The Kier molecular flexibility index (Phi) is 55.5. The second-order valence-electron chi connectivity index (χ2n) is 35.4. The Morgan fingerprint density at radius 2 is 0.641 bits per heavy atom. The van der Waals surface area contributed by atoms with Crippen LogP contribution >= 0.6 is 0 Å². The van der Waals surface area contributed by atoms with Gasteiger partial charge in [-0.2, -0.15) is 0 Å². The first-order valence-electron chi connectivity index (χ1n) is 46.5. The number of carbonyl (C=O) groups excluding carboxylic acids is 18. The Hall–Kier alpha value is -15.5. The van der Waals surface area contributed by atoms with Gasteiger partial charge in [0.2, 0.25) is 106 Å². The van der Waals surface area contributed by atoms with Crippen molar-refractivity contribution in [3.63, 3.8) is 0 Å². The predicted octanol–water partition coefficient (Wildman–Crippen LogP) is -9.40. The summed E-state index contributed by atoms with van der Waals surface area (Å²) in [6.07, 6.45) is -10.5. The number of nitrogens with two attached hydrogens (primary N) is 6. The van der Waals surface area contributed by atoms with Gasteiger partial charge < -0.3 is 166 Å². The normalized spacial score (nSPS) is 14.8. The Morgan fingerprint density at radius 3 is 1.04 bits per heavy atom. The summed E-state index contributed by atoms with van der Waals surface area (Å²) < 4.78 is 0. The van der Waals surface area contributed by atoms with E-state index in [2.05, 4.69) is 79.8 Å². The first-order chi connectivity index (χ1) is 67.8. The molecule has 0 aromatic heterocycles. The molecule has 0 fully saturated rings. The number of hydrogen-bond acceptors (Lipinski definition) is 29. The highest BCUT2D eigenvalue weighted by Crippen LogP contribution is 2.18. The summed E-state index contributed by atoms with van der Waals surface area (Å²) in [5.74, 6) is -32.4.